The molecular weight excluding hydrogens is 398 g/mol. The van der Waals surface area contributed by atoms with E-state index in [0.717, 1.165) is 52.7 Å². The number of aromatic amines is 1. The third kappa shape index (κ3) is 3.36. The number of benzene rings is 1. The number of rotatable bonds is 5. The minimum atomic E-state index is 0.354. The molecular formula is C25H23N7. The lowest BCUT2D eigenvalue weighted by molar-refractivity contribution is 0.521. The lowest BCUT2D eigenvalue weighted by Gasteiger charge is -2.12. The molecule has 0 amide bonds. The van der Waals surface area contributed by atoms with Gasteiger partial charge in [0.25, 0.3) is 0 Å². The third-order valence-corrected chi connectivity index (χ3v) is 6.10. The first-order valence-corrected chi connectivity index (χ1v) is 10.9. The molecule has 0 saturated carbocycles. The van der Waals surface area contributed by atoms with Gasteiger partial charge in [0.1, 0.15) is 12.2 Å². The van der Waals surface area contributed by atoms with E-state index in [2.05, 4.69) is 44.6 Å². The summed E-state index contributed by atoms with van der Waals surface area (Å²) in [5, 5.41) is 7.89. The van der Waals surface area contributed by atoms with Crippen molar-refractivity contribution >= 4 is 5.65 Å². The molecule has 7 nitrogen and oxygen atoms in total. The van der Waals surface area contributed by atoms with Crippen LogP contribution in [0.4, 0.5) is 0 Å². The van der Waals surface area contributed by atoms with Gasteiger partial charge in [0.05, 0.1) is 23.6 Å². The van der Waals surface area contributed by atoms with Crippen molar-refractivity contribution < 1.29 is 0 Å². The molecule has 4 aromatic heterocycles. The van der Waals surface area contributed by atoms with Gasteiger partial charge in [-0.25, -0.2) is 14.5 Å². The molecule has 7 heteroatoms. The van der Waals surface area contributed by atoms with Gasteiger partial charge in [-0.15, -0.1) is 0 Å². The van der Waals surface area contributed by atoms with Gasteiger partial charge in [-0.2, -0.15) is 5.10 Å². The van der Waals surface area contributed by atoms with Crippen LogP contribution in [0, 0.1) is 6.92 Å². The van der Waals surface area contributed by atoms with Gasteiger partial charge < -0.3 is 10.3 Å². The first-order valence-electron chi connectivity index (χ1n) is 10.9. The fourth-order valence-electron chi connectivity index (χ4n) is 4.53. The van der Waals surface area contributed by atoms with Crippen molar-refractivity contribution in [3.05, 3.63) is 89.8 Å². The van der Waals surface area contributed by atoms with Crippen molar-refractivity contribution in [3.63, 3.8) is 0 Å². The van der Waals surface area contributed by atoms with E-state index in [4.69, 9.17) is 9.97 Å². The Bertz CT molecular complexity index is 1410. The van der Waals surface area contributed by atoms with Crippen LogP contribution in [0.5, 0.6) is 0 Å². The fourth-order valence-corrected chi connectivity index (χ4v) is 4.53. The number of aryl methyl sites for hydroxylation is 2. The van der Waals surface area contributed by atoms with E-state index in [0.29, 0.717) is 12.6 Å². The van der Waals surface area contributed by atoms with Gasteiger partial charge in [-0.1, -0.05) is 30.3 Å². The zero-order valence-corrected chi connectivity index (χ0v) is 17.8. The molecule has 1 aliphatic carbocycles. The molecule has 32 heavy (non-hydrogen) atoms. The van der Waals surface area contributed by atoms with Crippen LogP contribution in [0.1, 0.15) is 35.1 Å². The first kappa shape index (κ1) is 18.9. The van der Waals surface area contributed by atoms with Crippen LogP contribution in [0.15, 0.2) is 67.1 Å². The molecule has 6 rings (SSSR count). The molecule has 5 aromatic rings. The second-order valence-corrected chi connectivity index (χ2v) is 8.22. The number of fused-ring (bicyclic) bond motifs is 2. The van der Waals surface area contributed by atoms with Crippen LogP contribution in [0.2, 0.25) is 0 Å². The molecule has 0 unspecified atom stereocenters. The Kier molecular flexibility index (Phi) is 4.54. The number of aromatic nitrogens is 6. The van der Waals surface area contributed by atoms with Gasteiger partial charge in [0.2, 0.25) is 0 Å². The number of nitrogens with one attached hydrogen (secondary N) is 2. The summed E-state index contributed by atoms with van der Waals surface area (Å²) in [6.07, 6.45) is 5.70. The Morgan fingerprint density at radius 3 is 2.97 bits per heavy atom. The average molecular weight is 422 g/mol. The molecule has 0 bridgehead atoms. The zero-order chi connectivity index (χ0) is 21.5. The predicted molar refractivity (Wildman–Crippen MR) is 123 cm³/mol. The highest BCUT2D eigenvalue weighted by molar-refractivity contribution is 5.78. The molecule has 1 atom stereocenters. The van der Waals surface area contributed by atoms with Crippen molar-refractivity contribution in [2.24, 2.45) is 0 Å². The minimum absolute atomic E-state index is 0.354. The second kappa shape index (κ2) is 7.69. The van der Waals surface area contributed by atoms with Gasteiger partial charge in [0.15, 0.2) is 5.65 Å². The van der Waals surface area contributed by atoms with Crippen LogP contribution >= 0.6 is 0 Å². The van der Waals surface area contributed by atoms with E-state index in [-0.39, 0.29) is 0 Å². The number of imidazole rings is 1. The SMILES string of the molecule is Cc1cccc(-c2[nH]c(CN[C@@H]3CCc4ccccc43)nc2-c2ccn3ncnc3c2)n1. The van der Waals surface area contributed by atoms with Gasteiger partial charge in [0, 0.05) is 23.5 Å². The summed E-state index contributed by atoms with van der Waals surface area (Å²) in [5.74, 6) is 0.893. The Balaban J connectivity index is 1.36. The maximum Gasteiger partial charge on any atom is 0.155 e. The van der Waals surface area contributed by atoms with Crippen molar-refractivity contribution in [2.45, 2.75) is 32.4 Å². The van der Waals surface area contributed by atoms with Crippen molar-refractivity contribution in [2.75, 3.05) is 0 Å². The summed E-state index contributed by atoms with van der Waals surface area (Å²) in [5.41, 5.74) is 8.25. The summed E-state index contributed by atoms with van der Waals surface area (Å²) < 4.78 is 1.75. The summed E-state index contributed by atoms with van der Waals surface area (Å²) in [6, 6.07) is 19.1. The molecule has 0 aliphatic heterocycles. The maximum atomic E-state index is 4.98. The molecule has 2 N–H and O–H groups in total. The van der Waals surface area contributed by atoms with Gasteiger partial charge >= 0.3 is 0 Å². The topological polar surface area (TPSA) is 83.8 Å². The van der Waals surface area contributed by atoms with E-state index in [1.807, 2.05) is 43.5 Å². The van der Waals surface area contributed by atoms with E-state index in [9.17, 15) is 0 Å². The van der Waals surface area contributed by atoms with E-state index >= 15 is 0 Å². The lowest BCUT2D eigenvalue weighted by atomic mass is 10.1. The molecule has 0 radical (unpaired) electrons. The lowest BCUT2D eigenvalue weighted by Crippen LogP contribution is -2.19. The first-order chi connectivity index (χ1) is 15.7. The highest BCUT2D eigenvalue weighted by Crippen LogP contribution is 2.32. The van der Waals surface area contributed by atoms with Gasteiger partial charge in [-0.05, 0) is 55.2 Å². The third-order valence-electron chi connectivity index (χ3n) is 6.10. The van der Waals surface area contributed by atoms with Crippen LogP contribution in [0.25, 0.3) is 28.3 Å². The standard InChI is InChI=1S/C25H23N7/c1-16-5-4-8-21(29-16)25-24(18-11-12-32-23(13-18)27-15-28-32)30-22(31-25)14-26-20-10-9-17-6-2-3-7-19(17)20/h2-8,11-13,15,20,26H,9-10,14H2,1H3,(H,30,31)/t20-/m1/s1. The van der Waals surface area contributed by atoms with Crippen LogP contribution < -0.4 is 5.32 Å². The van der Waals surface area contributed by atoms with Crippen molar-refractivity contribution in [1.29, 1.82) is 0 Å². The number of hydrogen-bond acceptors (Lipinski definition) is 5. The molecule has 0 saturated heterocycles. The largest absolute Gasteiger partial charge is 0.339 e. The summed E-state index contributed by atoms with van der Waals surface area (Å²) >= 11 is 0. The molecule has 1 aliphatic rings. The van der Waals surface area contributed by atoms with E-state index < -0.39 is 0 Å². The van der Waals surface area contributed by atoms with Crippen molar-refractivity contribution in [1.82, 2.24) is 34.9 Å². The normalized spacial score (nSPS) is 15.3. The predicted octanol–water partition coefficient (Wildman–Crippen LogP) is 4.27. The number of nitrogens with zero attached hydrogens (tertiary/aromatic N) is 5. The van der Waals surface area contributed by atoms with E-state index in [1.165, 1.54) is 11.1 Å². The van der Waals surface area contributed by atoms with Crippen molar-refractivity contribution in [3.8, 4) is 22.6 Å². The van der Waals surface area contributed by atoms with Crippen LogP contribution in [-0.2, 0) is 13.0 Å². The summed E-state index contributed by atoms with van der Waals surface area (Å²) in [6.45, 7) is 2.66. The number of hydrogen-bond donors (Lipinski definition) is 2. The Morgan fingerprint density at radius 2 is 2.03 bits per heavy atom. The Labute approximate surface area is 185 Å². The molecule has 158 valence electrons. The smallest absolute Gasteiger partial charge is 0.155 e. The zero-order valence-electron chi connectivity index (χ0n) is 17.8. The molecule has 4 heterocycles. The Hall–Kier alpha value is -3.84. The number of H-pyrrole nitrogens is 1. The summed E-state index contributed by atoms with van der Waals surface area (Å²) in [7, 11) is 0. The second-order valence-electron chi connectivity index (χ2n) is 8.22. The maximum absolute atomic E-state index is 4.98. The molecule has 1 aromatic carbocycles. The Morgan fingerprint density at radius 1 is 1.09 bits per heavy atom. The average Bonchev–Trinajstić information content (AvgIpc) is 3.55. The van der Waals surface area contributed by atoms with Gasteiger partial charge in [-0.3, -0.25) is 4.98 Å². The minimum Gasteiger partial charge on any atom is -0.339 e. The molecule has 0 fully saturated rings. The highest BCUT2D eigenvalue weighted by Gasteiger charge is 2.22. The highest BCUT2D eigenvalue weighted by atomic mass is 15.3. The monoisotopic (exact) mass is 421 g/mol. The van der Waals surface area contributed by atoms with Crippen LogP contribution in [-0.4, -0.2) is 29.5 Å². The van der Waals surface area contributed by atoms with E-state index in [1.54, 1.807) is 10.8 Å². The quantitative estimate of drug-likeness (QED) is 0.443. The van der Waals surface area contributed by atoms with Crippen LogP contribution in [0.3, 0.4) is 0 Å². The summed E-state index contributed by atoms with van der Waals surface area (Å²) in [4.78, 5) is 17.6. The molecule has 0 spiro atoms. The number of pyridine rings is 2. The fraction of sp³-hybridized carbons (Fsp3) is 0.200.